The first-order valence-corrected chi connectivity index (χ1v) is 10.9. The van der Waals surface area contributed by atoms with Crippen molar-refractivity contribution in [2.75, 3.05) is 6.61 Å². The van der Waals surface area contributed by atoms with Crippen LogP contribution in [-0.2, 0) is 19.6 Å². The van der Waals surface area contributed by atoms with Gasteiger partial charge < -0.3 is 4.74 Å². The molecule has 162 valence electrons. The predicted molar refractivity (Wildman–Crippen MR) is 113 cm³/mol. The fourth-order valence-corrected chi connectivity index (χ4v) is 3.89. The summed E-state index contributed by atoms with van der Waals surface area (Å²) in [6.45, 7) is 6.84. The average Bonchev–Trinajstić information content (AvgIpc) is 2.69. The molecule has 0 unspecified atom stereocenters. The van der Waals surface area contributed by atoms with Crippen LogP contribution in [0.15, 0.2) is 53.4 Å². The fourth-order valence-electron chi connectivity index (χ4n) is 2.54. The Balaban J connectivity index is 1.93. The van der Waals surface area contributed by atoms with E-state index in [-0.39, 0.29) is 17.4 Å². The third kappa shape index (κ3) is 6.85. The van der Waals surface area contributed by atoms with Crippen LogP contribution in [0.2, 0.25) is 0 Å². The van der Waals surface area contributed by atoms with Crippen molar-refractivity contribution in [1.82, 2.24) is 15.6 Å². The summed E-state index contributed by atoms with van der Waals surface area (Å²) in [4.78, 5) is 24.5. The number of hydrogen-bond donors (Lipinski definition) is 3. The number of carbonyl (C=O) groups is 2. The average molecular weight is 434 g/mol. The molecule has 0 bridgehead atoms. The maximum Gasteiger partial charge on any atom is 0.276 e. The van der Waals surface area contributed by atoms with Gasteiger partial charge >= 0.3 is 0 Å². The molecule has 0 heterocycles. The Kier molecular flexibility index (Phi) is 7.96. The maximum absolute atomic E-state index is 12.6. The van der Waals surface area contributed by atoms with Gasteiger partial charge in [0.2, 0.25) is 10.0 Å². The molecule has 0 aliphatic rings. The van der Waals surface area contributed by atoms with E-state index in [2.05, 4.69) is 15.6 Å². The van der Waals surface area contributed by atoms with Gasteiger partial charge in [-0.3, -0.25) is 20.4 Å². The zero-order valence-corrected chi connectivity index (χ0v) is 18.2. The lowest BCUT2D eigenvalue weighted by Crippen LogP contribution is -2.54. The number of nitrogens with one attached hydrogen (secondary N) is 3. The van der Waals surface area contributed by atoms with Crippen LogP contribution >= 0.6 is 0 Å². The maximum atomic E-state index is 12.6. The first-order valence-electron chi connectivity index (χ1n) is 9.45. The summed E-state index contributed by atoms with van der Waals surface area (Å²) in [6.07, 6.45) is 0. The second-order valence-electron chi connectivity index (χ2n) is 7.30. The van der Waals surface area contributed by atoms with Gasteiger partial charge in [-0.05, 0) is 49.6 Å². The fraction of sp³-hybridized carbons (Fsp3) is 0.333. The number of aryl methyl sites for hydroxylation is 2. The van der Waals surface area contributed by atoms with Gasteiger partial charge in [-0.2, -0.15) is 4.72 Å². The van der Waals surface area contributed by atoms with Crippen LogP contribution in [-0.4, -0.2) is 32.9 Å². The van der Waals surface area contributed by atoms with E-state index < -0.39 is 27.9 Å². The number of sulfonamides is 1. The third-order valence-corrected chi connectivity index (χ3v) is 5.70. The molecule has 3 N–H and O–H groups in total. The second-order valence-corrected chi connectivity index (χ2v) is 9.01. The van der Waals surface area contributed by atoms with Gasteiger partial charge in [0.25, 0.3) is 11.8 Å². The van der Waals surface area contributed by atoms with Crippen LogP contribution in [0.1, 0.15) is 25.0 Å². The van der Waals surface area contributed by atoms with Crippen molar-refractivity contribution in [1.29, 1.82) is 0 Å². The molecule has 0 aromatic heterocycles. The smallest absolute Gasteiger partial charge is 0.276 e. The largest absolute Gasteiger partial charge is 0.484 e. The standard InChI is InChI=1S/C21H27N3O5S/c1-14(2)20(24-30(27,28)18-10-8-15(3)9-11-18)21(26)23-22-19(25)13-29-17-7-5-6-16(4)12-17/h5-12,14,20,24H,13H2,1-4H3,(H,22,25)(H,23,26)/t20-/m0/s1. The summed E-state index contributed by atoms with van der Waals surface area (Å²) < 4.78 is 32.9. The highest BCUT2D eigenvalue weighted by molar-refractivity contribution is 7.89. The molecular formula is C21H27N3O5S. The number of carbonyl (C=O) groups excluding carboxylic acids is 2. The number of rotatable bonds is 8. The highest BCUT2D eigenvalue weighted by atomic mass is 32.2. The van der Waals surface area contributed by atoms with E-state index >= 15 is 0 Å². The Bertz CT molecular complexity index is 988. The monoisotopic (exact) mass is 433 g/mol. The van der Waals surface area contributed by atoms with Gasteiger partial charge in [-0.15, -0.1) is 0 Å². The van der Waals surface area contributed by atoms with E-state index in [4.69, 9.17) is 4.74 Å². The van der Waals surface area contributed by atoms with Gasteiger partial charge in [0, 0.05) is 0 Å². The summed E-state index contributed by atoms with van der Waals surface area (Å²) in [5.74, 6) is -1.08. The van der Waals surface area contributed by atoms with Gasteiger partial charge in [-0.1, -0.05) is 43.7 Å². The Morgan fingerprint density at radius 1 is 0.967 bits per heavy atom. The zero-order chi connectivity index (χ0) is 22.3. The molecule has 0 spiro atoms. The molecule has 2 aromatic carbocycles. The molecule has 8 nitrogen and oxygen atoms in total. The van der Waals surface area contributed by atoms with Crippen molar-refractivity contribution in [2.45, 2.75) is 38.6 Å². The second kappa shape index (κ2) is 10.2. The minimum absolute atomic E-state index is 0.0575. The summed E-state index contributed by atoms with van der Waals surface area (Å²) in [7, 11) is -3.90. The normalized spacial score (nSPS) is 12.3. The first kappa shape index (κ1) is 23.4. The number of hydrazine groups is 1. The molecule has 30 heavy (non-hydrogen) atoms. The number of amides is 2. The van der Waals surface area contributed by atoms with E-state index in [1.807, 2.05) is 19.9 Å². The third-order valence-electron chi connectivity index (χ3n) is 4.25. The molecule has 0 saturated carbocycles. The minimum atomic E-state index is -3.90. The van der Waals surface area contributed by atoms with Crippen molar-refractivity contribution in [2.24, 2.45) is 5.92 Å². The van der Waals surface area contributed by atoms with Crippen LogP contribution in [0.5, 0.6) is 5.75 Å². The molecule has 2 amide bonds. The topological polar surface area (TPSA) is 114 Å². The Morgan fingerprint density at radius 2 is 1.63 bits per heavy atom. The van der Waals surface area contributed by atoms with Crippen molar-refractivity contribution in [3.8, 4) is 5.75 Å². The Morgan fingerprint density at radius 3 is 2.23 bits per heavy atom. The van der Waals surface area contributed by atoms with Crippen molar-refractivity contribution >= 4 is 21.8 Å². The van der Waals surface area contributed by atoms with Gasteiger partial charge in [0.1, 0.15) is 11.8 Å². The lowest BCUT2D eigenvalue weighted by molar-refractivity contribution is -0.131. The summed E-state index contributed by atoms with van der Waals surface area (Å²) >= 11 is 0. The lowest BCUT2D eigenvalue weighted by Gasteiger charge is -2.21. The minimum Gasteiger partial charge on any atom is -0.484 e. The van der Waals surface area contributed by atoms with E-state index in [0.29, 0.717) is 5.75 Å². The Labute approximate surface area is 177 Å². The molecule has 2 rings (SSSR count). The van der Waals surface area contributed by atoms with E-state index in [1.54, 1.807) is 44.2 Å². The van der Waals surface area contributed by atoms with Crippen LogP contribution in [0.3, 0.4) is 0 Å². The van der Waals surface area contributed by atoms with Crippen molar-refractivity contribution in [3.05, 3.63) is 59.7 Å². The molecule has 9 heteroatoms. The van der Waals surface area contributed by atoms with Gasteiger partial charge in [0.15, 0.2) is 6.61 Å². The molecule has 1 atom stereocenters. The summed E-state index contributed by atoms with van der Waals surface area (Å²) in [5.41, 5.74) is 6.39. The van der Waals surface area contributed by atoms with Crippen LogP contribution in [0, 0.1) is 19.8 Å². The predicted octanol–water partition coefficient (Wildman–Crippen LogP) is 1.83. The van der Waals surface area contributed by atoms with Crippen molar-refractivity contribution < 1.29 is 22.7 Å². The number of hydrogen-bond acceptors (Lipinski definition) is 5. The molecule has 0 saturated heterocycles. The lowest BCUT2D eigenvalue weighted by atomic mass is 10.1. The van der Waals surface area contributed by atoms with Crippen molar-refractivity contribution in [3.63, 3.8) is 0 Å². The molecule has 2 aromatic rings. The molecule has 0 aliphatic heterocycles. The summed E-state index contributed by atoms with van der Waals surface area (Å²) in [5, 5.41) is 0. The zero-order valence-electron chi connectivity index (χ0n) is 17.4. The quantitative estimate of drug-likeness (QED) is 0.550. The highest BCUT2D eigenvalue weighted by Gasteiger charge is 2.28. The van der Waals surface area contributed by atoms with Gasteiger partial charge in [0.05, 0.1) is 4.90 Å². The SMILES string of the molecule is Cc1ccc(S(=O)(=O)N[C@H](C(=O)NNC(=O)COc2cccc(C)c2)C(C)C)cc1. The van der Waals surface area contributed by atoms with Gasteiger partial charge in [-0.25, -0.2) is 8.42 Å². The number of ether oxygens (including phenoxy) is 1. The molecule has 0 fully saturated rings. The number of benzene rings is 2. The summed E-state index contributed by atoms with van der Waals surface area (Å²) in [6, 6.07) is 12.4. The Hall–Kier alpha value is -2.91. The highest BCUT2D eigenvalue weighted by Crippen LogP contribution is 2.13. The van der Waals surface area contributed by atoms with Crippen LogP contribution < -0.4 is 20.3 Å². The van der Waals surface area contributed by atoms with E-state index in [0.717, 1.165) is 11.1 Å². The van der Waals surface area contributed by atoms with E-state index in [9.17, 15) is 18.0 Å². The van der Waals surface area contributed by atoms with E-state index in [1.165, 1.54) is 12.1 Å². The van der Waals surface area contributed by atoms with Crippen LogP contribution in [0.4, 0.5) is 0 Å². The molecule has 0 aliphatic carbocycles. The van der Waals surface area contributed by atoms with Crippen LogP contribution in [0.25, 0.3) is 0 Å². The molecular weight excluding hydrogens is 406 g/mol. The first-order chi connectivity index (χ1) is 14.1. The molecule has 0 radical (unpaired) electrons.